The summed E-state index contributed by atoms with van der Waals surface area (Å²) in [5.41, 5.74) is 2.07. The Hall–Kier alpha value is -2.98. The van der Waals surface area contributed by atoms with E-state index in [1.165, 1.54) is 44.9 Å². The van der Waals surface area contributed by atoms with E-state index in [0.717, 1.165) is 23.5 Å². The minimum atomic E-state index is -0.875. The van der Waals surface area contributed by atoms with Crippen LogP contribution in [0.5, 0.6) is 0 Å². The zero-order chi connectivity index (χ0) is 23.7. The molecule has 0 bridgehead atoms. The van der Waals surface area contributed by atoms with Crippen molar-refractivity contribution in [3.63, 3.8) is 0 Å². The summed E-state index contributed by atoms with van der Waals surface area (Å²) >= 11 is 0. The first kappa shape index (κ1) is 22.8. The lowest BCUT2D eigenvalue weighted by molar-refractivity contribution is 0.198. The normalized spacial score (nSPS) is 22.6. The van der Waals surface area contributed by atoms with Crippen molar-refractivity contribution in [1.29, 1.82) is 5.26 Å². The highest BCUT2D eigenvalue weighted by Gasteiger charge is 2.29. The monoisotopic (exact) mass is 458 g/mol. The average molecular weight is 459 g/mol. The number of hydrogen-bond donors (Lipinski definition) is 2. The molecule has 178 valence electrons. The van der Waals surface area contributed by atoms with Crippen molar-refractivity contribution in [3.05, 3.63) is 47.5 Å². The molecule has 7 nitrogen and oxygen atoms in total. The Kier molecular flexibility index (Phi) is 6.51. The van der Waals surface area contributed by atoms with Gasteiger partial charge in [-0.2, -0.15) is 15.2 Å². The van der Waals surface area contributed by atoms with Gasteiger partial charge in [0.25, 0.3) is 0 Å². The van der Waals surface area contributed by atoms with E-state index >= 15 is 0 Å². The number of imidazole rings is 1. The summed E-state index contributed by atoms with van der Waals surface area (Å²) in [7, 11) is 0. The van der Waals surface area contributed by atoms with E-state index in [1.54, 1.807) is 0 Å². The third kappa shape index (κ3) is 4.52. The minimum Gasteiger partial charge on any atom is -0.380 e. The number of aromatic nitrogens is 4. The summed E-state index contributed by atoms with van der Waals surface area (Å²) in [6.45, 7) is 5.28. The second-order valence-electron chi connectivity index (χ2n) is 10.3. The third-order valence-electron chi connectivity index (χ3n) is 7.89. The first-order valence-corrected chi connectivity index (χ1v) is 12.7. The molecular formula is C27H34N6O. The topological polar surface area (TPSA) is 99.6 Å². The van der Waals surface area contributed by atoms with E-state index in [0.29, 0.717) is 29.1 Å². The Morgan fingerprint density at radius 2 is 1.82 bits per heavy atom. The highest BCUT2D eigenvalue weighted by Crippen LogP contribution is 2.36. The summed E-state index contributed by atoms with van der Waals surface area (Å²) in [6.07, 6.45) is 7.61. The fourth-order valence-electron chi connectivity index (χ4n) is 5.42. The molecule has 34 heavy (non-hydrogen) atoms. The highest BCUT2D eigenvalue weighted by molar-refractivity contribution is 5.84. The predicted octanol–water partition coefficient (Wildman–Crippen LogP) is 5.21. The molecule has 2 aliphatic rings. The number of nitrogens with zero attached hydrogens (tertiary/aromatic N) is 5. The van der Waals surface area contributed by atoms with Crippen molar-refractivity contribution >= 4 is 17.0 Å². The Morgan fingerprint density at radius 1 is 1.09 bits per heavy atom. The molecule has 7 heteroatoms. The van der Waals surface area contributed by atoms with Gasteiger partial charge in [0.2, 0.25) is 5.82 Å². The van der Waals surface area contributed by atoms with Gasteiger partial charge in [0.15, 0.2) is 11.5 Å². The van der Waals surface area contributed by atoms with Crippen molar-refractivity contribution in [3.8, 4) is 6.07 Å². The molecule has 0 aliphatic heterocycles. The van der Waals surface area contributed by atoms with Gasteiger partial charge in [0.05, 0.1) is 0 Å². The van der Waals surface area contributed by atoms with Gasteiger partial charge in [0, 0.05) is 12.6 Å². The second kappa shape index (κ2) is 9.71. The number of rotatable bonds is 7. The molecule has 2 saturated carbocycles. The number of fused-ring (bicyclic) bond motifs is 1. The number of aliphatic hydroxyl groups is 1. The number of aliphatic hydroxyl groups excluding tert-OH is 1. The van der Waals surface area contributed by atoms with E-state index < -0.39 is 6.10 Å². The largest absolute Gasteiger partial charge is 0.380 e. The summed E-state index contributed by atoms with van der Waals surface area (Å²) in [6, 6.07) is 12.0. The van der Waals surface area contributed by atoms with Gasteiger partial charge < -0.3 is 15.0 Å². The van der Waals surface area contributed by atoms with Crippen LogP contribution in [0.2, 0.25) is 0 Å². The molecule has 5 rings (SSSR count). The van der Waals surface area contributed by atoms with Crippen molar-refractivity contribution in [2.75, 3.05) is 5.32 Å². The standard InChI is InChI=1S/C27H34N6O/c1-17-11-13-19(14-12-17)16-33-23-25(29-18(2)20-9-6-10-20)30-22(15-28)31-26(23)32-27(33)24(34)21-7-4-3-5-8-21/h3-5,7-8,17-20,24,34H,6,9-14,16H2,1-2H3,(H,29,30,31)/t17?,18-,19?,24?/m1/s1. The number of benzene rings is 1. The predicted molar refractivity (Wildman–Crippen MR) is 132 cm³/mol. The number of hydrogen-bond acceptors (Lipinski definition) is 6. The van der Waals surface area contributed by atoms with Gasteiger partial charge in [-0.05, 0) is 55.9 Å². The first-order valence-electron chi connectivity index (χ1n) is 12.7. The van der Waals surface area contributed by atoms with Crippen LogP contribution < -0.4 is 5.32 Å². The lowest BCUT2D eigenvalue weighted by Crippen LogP contribution is -2.31. The molecule has 0 amide bonds. The van der Waals surface area contributed by atoms with Crippen LogP contribution >= 0.6 is 0 Å². The first-order chi connectivity index (χ1) is 16.5. The van der Waals surface area contributed by atoms with Crippen LogP contribution in [0.15, 0.2) is 30.3 Å². The lowest BCUT2D eigenvalue weighted by atomic mass is 9.80. The van der Waals surface area contributed by atoms with Crippen LogP contribution in [0.4, 0.5) is 5.82 Å². The van der Waals surface area contributed by atoms with Gasteiger partial charge in [-0.25, -0.2) is 4.98 Å². The Balaban J connectivity index is 1.60. The summed E-state index contributed by atoms with van der Waals surface area (Å²) in [5, 5.41) is 24.5. The fraction of sp³-hybridized carbons (Fsp3) is 0.556. The van der Waals surface area contributed by atoms with E-state index in [4.69, 9.17) is 4.98 Å². The number of nitrogens with one attached hydrogen (secondary N) is 1. The highest BCUT2D eigenvalue weighted by atomic mass is 16.3. The third-order valence-corrected chi connectivity index (χ3v) is 7.89. The maximum Gasteiger partial charge on any atom is 0.236 e. The van der Waals surface area contributed by atoms with Crippen LogP contribution in [0, 0.1) is 29.1 Å². The van der Waals surface area contributed by atoms with Crippen molar-refractivity contribution in [2.45, 2.75) is 77.5 Å². The van der Waals surface area contributed by atoms with Crippen LogP contribution in [-0.4, -0.2) is 30.7 Å². The molecule has 3 aromatic rings. The SMILES string of the molecule is CC1CCC(Cn2c(C(O)c3ccccc3)nc3nc(C#N)nc(N[C@H](C)C4CCC4)c32)CC1. The van der Waals surface area contributed by atoms with Gasteiger partial charge in [-0.15, -0.1) is 0 Å². The smallest absolute Gasteiger partial charge is 0.236 e. The van der Waals surface area contributed by atoms with E-state index in [-0.39, 0.29) is 11.9 Å². The summed E-state index contributed by atoms with van der Waals surface area (Å²) < 4.78 is 2.13. The van der Waals surface area contributed by atoms with E-state index in [2.05, 4.69) is 39.8 Å². The lowest BCUT2D eigenvalue weighted by Gasteiger charge is -2.32. The molecule has 2 aromatic heterocycles. The van der Waals surface area contributed by atoms with Gasteiger partial charge in [-0.3, -0.25) is 0 Å². The quantitative estimate of drug-likeness (QED) is 0.504. The van der Waals surface area contributed by atoms with Gasteiger partial charge in [0.1, 0.15) is 23.5 Å². The second-order valence-corrected chi connectivity index (χ2v) is 10.3. The van der Waals surface area contributed by atoms with Crippen molar-refractivity contribution in [1.82, 2.24) is 19.5 Å². The zero-order valence-corrected chi connectivity index (χ0v) is 20.1. The van der Waals surface area contributed by atoms with E-state index in [9.17, 15) is 10.4 Å². The molecule has 1 aromatic carbocycles. The van der Waals surface area contributed by atoms with Gasteiger partial charge >= 0.3 is 0 Å². The van der Waals surface area contributed by atoms with Crippen LogP contribution in [0.1, 0.15) is 82.1 Å². The molecule has 2 heterocycles. The Morgan fingerprint density at radius 3 is 2.47 bits per heavy atom. The molecule has 0 radical (unpaired) electrons. The Bertz CT molecular complexity index is 1170. The molecule has 1 unspecified atom stereocenters. The van der Waals surface area contributed by atoms with Crippen LogP contribution in [0.25, 0.3) is 11.2 Å². The molecule has 2 N–H and O–H groups in total. The average Bonchev–Trinajstić information content (AvgIpc) is 3.17. The van der Waals surface area contributed by atoms with Gasteiger partial charge in [-0.1, -0.05) is 56.5 Å². The Labute approximate surface area is 201 Å². The van der Waals surface area contributed by atoms with Crippen molar-refractivity contribution in [2.24, 2.45) is 17.8 Å². The van der Waals surface area contributed by atoms with Crippen LogP contribution in [0.3, 0.4) is 0 Å². The summed E-state index contributed by atoms with van der Waals surface area (Å²) in [5.74, 6) is 3.23. The molecular weight excluding hydrogens is 424 g/mol. The maximum atomic E-state index is 11.4. The molecule has 0 spiro atoms. The maximum absolute atomic E-state index is 11.4. The zero-order valence-electron chi connectivity index (χ0n) is 20.1. The minimum absolute atomic E-state index is 0.104. The van der Waals surface area contributed by atoms with E-state index in [1.807, 2.05) is 30.3 Å². The summed E-state index contributed by atoms with van der Waals surface area (Å²) in [4.78, 5) is 13.8. The fourth-order valence-corrected chi connectivity index (χ4v) is 5.42. The van der Waals surface area contributed by atoms with Crippen LogP contribution in [-0.2, 0) is 6.54 Å². The number of nitriles is 1. The molecule has 2 atom stereocenters. The number of anilines is 1. The van der Waals surface area contributed by atoms with Crippen molar-refractivity contribution < 1.29 is 5.11 Å². The molecule has 2 aliphatic carbocycles. The molecule has 0 saturated heterocycles. The molecule has 2 fully saturated rings.